The van der Waals surface area contributed by atoms with E-state index in [1.807, 2.05) is 42.5 Å². The first-order valence-electron chi connectivity index (χ1n) is 14.0. The molecule has 0 N–H and O–H groups in total. The van der Waals surface area contributed by atoms with Gasteiger partial charge in [-0.3, -0.25) is 0 Å². The third-order valence-electron chi connectivity index (χ3n) is 8.45. The Hall–Kier alpha value is -5.81. The van der Waals surface area contributed by atoms with Crippen LogP contribution in [0.2, 0.25) is 0 Å². The highest BCUT2D eigenvalue weighted by Gasteiger charge is 2.23. The van der Waals surface area contributed by atoms with Crippen LogP contribution in [-0.2, 0) is 0 Å². The highest BCUT2D eigenvalue weighted by atomic mass is 16.4. The van der Waals surface area contributed by atoms with E-state index in [1.54, 1.807) is 0 Å². The van der Waals surface area contributed by atoms with Crippen molar-refractivity contribution in [1.82, 2.24) is 9.55 Å². The maximum atomic E-state index is 6.61. The van der Waals surface area contributed by atoms with Gasteiger partial charge in [-0.1, -0.05) is 72.8 Å². The van der Waals surface area contributed by atoms with Crippen molar-refractivity contribution in [2.24, 2.45) is 0 Å². The van der Waals surface area contributed by atoms with Crippen LogP contribution in [0.3, 0.4) is 0 Å². The molecule has 0 atom stereocenters. The summed E-state index contributed by atoms with van der Waals surface area (Å²) in [5.74, 6) is 0.514. The minimum Gasteiger partial charge on any atom is -0.456 e. The van der Waals surface area contributed by atoms with E-state index in [-0.39, 0.29) is 0 Å². The predicted octanol–water partition coefficient (Wildman–Crippen LogP) is 10.4. The third-order valence-corrected chi connectivity index (χ3v) is 8.45. The molecule has 0 aliphatic heterocycles. The molecule has 0 amide bonds. The van der Waals surface area contributed by atoms with Gasteiger partial charge in [0.15, 0.2) is 5.58 Å². The third kappa shape index (κ3) is 2.79. The van der Waals surface area contributed by atoms with Crippen molar-refractivity contribution in [2.75, 3.05) is 0 Å². The summed E-state index contributed by atoms with van der Waals surface area (Å²) in [7, 11) is 0. The number of hydrogen-bond acceptors (Lipinski definition) is 4. The van der Waals surface area contributed by atoms with Crippen molar-refractivity contribution >= 4 is 76.8 Å². The number of rotatable bonds is 2. The monoisotopic (exact) mass is 540 g/mol. The lowest BCUT2D eigenvalue weighted by Crippen LogP contribution is -1.95. The summed E-state index contributed by atoms with van der Waals surface area (Å²) in [5, 5.41) is 6.48. The van der Waals surface area contributed by atoms with Gasteiger partial charge in [-0.15, -0.1) is 0 Å². The normalized spacial score (nSPS) is 12.3. The molecule has 10 aromatic rings. The lowest BCUT2D eigenvalue weighted by Gasteiger charge is -2.11. The van der Waals surface area contributed by atoms with Crippen molar-refractivity contribution in [3.8, 4) is 17.1 Å². The lowest BCUT2D eigenvalue weighted by atomic mass is 10.1. The van der Waals surface area contributed by atoms with Gasteiger partial charge in [0.2, 0.25) is 5.89 Å². The molecule has 4 heterocycles. The van der Waals surface area contributed by atoms with Gasteiger partial charge in [-0.25, -0.2) is 4.98 Å². The van der Waals surface area contributed by atoms with E-state index in [2.05, 4.69) is 83.4 Å². The smallest absolute Gasteiger partial charge is 0.231 e. The molecule has 42 heavy (non-hydrogen) atoms. The van der Waals surface area contributed by atoms with Gasteiger partial charge in [0.1, 0.15) is 27.8 Å². The summed E-state index contributed by atoms with van der Waals surface area (Å²) < 4.78 is 21.5. The van der Waals surface area contributed by atoms with Crippen molar-refractivity contribution < 1.29 is 13.3 Å². The van der Waals surface area contributed by atoms with Gasteiger partial charge in [0.05, 0.1) is 33.1 Å². The summed E-state index contributed by atoms with van der Waals surface area (Å²) in [6.45, 7) is 0. The van der Waals surface area contributed by atoms with Crippen LogP contribution in [-0.4, -0.2) is 9.55 Å². The average molecular weight is 541 g/mol. The molecule has 0 saturated heterocycles. The fraction of sp³-hybridized carbons (Fsp3) is 0. The summed E-state index contributed by atoms with van der Waals surface area (Å²) >= 11 is 0. The van der Waals surface area contributed by atoms with Crippen LogP contribution in [0.15, 0.2) is 135 Å². The number of furan rings is 2. The Morgan fingerprint density at radius 3 is 1.79 bits per heavy atom. The second-order valence-electron chi connectivity index (χ2n) is 10.7. The lowest BCUT2D eigenvalue weighted by molar-refractivity contribution is 0.615. The van der Waals surface area contributed by atoms with E-state index in [1.165, 1.54) is 10.8 Å². The fourth-order valence-electron chi connectivity index (χ4n) is 6.66. The first kappa shape index (κ1) is 21.9. The number of aromatic nitrogens is 2. The van der Waals surface area contributed by atoms with E-state index in [0.29, 0.717) is 11.5 Å². The summed E-state index contributed by atoms with van der Waals surface area (Å²) in [5.41, 5.74) is 8.83. The highest BCUT2D eigenvalue weighted by Crippen LogP contribution is 2.43. The van der Waals surface area contributed by atoms with Crippen molar-refractivity contribution in [3.05, 3.63) is 121 Å². The number of fused-ring (bicyclic) bond motifs is 11. The molecule has 0 radical (unpaired) electrons. The standard InChI is InChI=1S/C37H20N2O3/c1-5-13-26-21(9-1)22-10-2-6-14-27(22)39(26)28-18-17-25(36-33(28)23-11-3-8-16-30(23)41-36)37-38-35-32(42-37)20-19-31-34(35)24-12-4-7-15-29(24)40-31/h1-20H. The Labute approximate surface area is 237 Å². The van der Waals surface area contributed by atoms with Crippen molar-refractivity contribution in [2.45, 2.75) is 0 Å². The van der Waals surface area contributed by atoms with Crippen LogP contribution in [0.1, 0.15) is 0 Å². The zero-order valence-corrected chi connectivity index (χ0v) is 22.2. The van der Waals surface area contributed by atoms with Gasteiger partial charge in [-0.05, 0) is 48.5 Å². The van der Waals surface area contributed by atoms with Crippen molar-refractivity contribution in [1.29, 1.82) is 0 Å². The van der Waals surface area contributed by atoms with Crippen LogP contribution >= 0.6 is 0 Å². The van der Waals surface area contributed by atoms with Gasteiger partial charge < -0.3 is 17.8 Å². The van der Waals surface area contributed by atoms with Gasteiger partial charge in [0.25, 0.3) is 0 Å². The Morgan fingerprint density at radius 2 is 1.05 bits per heavy atom. The van der Waals surface area contributed by atoms with E-state index in [0.717, 1.165) is 71.7 Å². The van der Waals surface area contributed by atoms with Crippen LogP contribution in [0.5, 0.6) is 0 Å². The van der Waals surface area contributed by atoms with Crippen LogP contribution < -0.4 is 0 Å². The van der Waals surface area contributed by atoms with Crippen LogP contribution in [0.25, 0.3) is 93.9 Å². The van der Waals surface area contributed by atoms with Gasteiger partial charge in [0, 0.05) is 21.5 Å². The molecule has 5 heteroatoms. The Balaban J connectivity index is 1.31. The molecular formula is C37H20N2O3. The highest BCUT2D eigenvalue weighted by molar-refractivity contribution is 6.18. The Morgan fingerprint density at radius 1 is 0.452 bits per heavy atom. The number of oxazole rings is 1. The second kappa shape index (κ2) is 7.89. The number of benzene rings is 6. The molecule has 10 rings (SSSR count). The molecule has 0 aliphatic rings. The molecule has 0 spiro atoms. The SMILES string of the molecule is c1ccc2c(c1)oc1c(-c3nc4c(ccc5oc6ccccc6c54)o3)ccc(-n3c4ccccc4c4ccccc43)c12. The van der Waals surface area contributed by atoms with Gasteiger partial charge >= 0.3 is 0 Å². The van der Waals surface area contributed by atoms with E-state index in [9.17, 15) is 0 Å². The zero-order valence-electron chi connectivity index (χ0n) is 22.2. The quantitative estimate of drug-likeness (QED) is 0.219. The van der Waals surface area contributed by atoms with Gasteiger partial charge in [-0.2, -0.15) is 0 Å². The molecular weight excluding hydrogens is 520 g/mol. The minimum atomic E-state index is 0.514. The number of nitrogens with zero attached hydrogens (tertiary/aromatic N) is 2. The van der Waals surface area contributed by atoms with E-state index >= 15 is 0 Å². The second-order valence-corrected chi connectivity index (χ2v) is 10.7. The molecule has 0 aliphatic carbocycles. The summed E-state index contributed by atoms with van der Waals surface area (Å²) in [6.07, 6.45) is 0. The first-order valence-corrected chi connectivity index (χ1v) is 14.0. The molecule has 0 unspecified atom stereocenters. The minimum absolute atomic E-state index is 0.514. The summed E-state index contributed by atoms with van der Waals surface area (Å²) in [6, 6.07) is 41.5. The molecule has 6 aromatic carbocycles. The zero-order chi connectivity index (χ0) is 27.4. The molecule has 0 saturated carbocycles. The number of para-hydroxylation sites is 4. The largest absolute Gasteiger partial charge is 0.456 e. The molecule has 0 fully saturated rings. The van der Waals surface area contributed by atoms with Crippen molar-refractivity contribution in [3.63, 3.8) is 0 Å². The maximum Gasteiger partial charge on any atom is 0.231 e. The maximum absolute atomic E-state index is 6.61. The first-order chi connectivity index (χ1) is 20.8. The fourth-order valence-corrected chi connectivity index (χ4v) is 6.66. The Kier molecular flexibility index (Phi) is 4.12. The molecule has 5 nitrogen and oxygen atoms in total. The summed E-state index contributed by atoms with van der Waals surface area (Å²) in [4.78, 5) is 5.05. The molecule has 0 bridgehead atoms. The van der Waals surface area contributed by atoms with E-state index < -0.39 is 0 Å². The molecule has 4 aromatic heterocycles. The Bertz CT molecular complexity index is 2650. The van der Waals surface area contributed by atoms with Crippen LogP contribution in [0.4, 0.5) is 0 Å². The number of hydrogen-bond donors (Lipinski definition) is 0. The predicted molar refractivity (Wildman–Crippen MR) is 168 cm³/mol. The topological polar surface area (TPSA) is 57.2 Å². The average Bonchev–Trinajstić information content (AvgIpc) is 3.80. The van der Waals surface area contributed by atoms with Crippen LogP contribution in [0, 0.1) is 0 Å². The van der Waals surface area contributed by atoms with E-state index in [4.69, 9.17) is 18.2 Å². The molecule has 196 valence electrons.